The summed E-state index contributed by atoms with van der Waals surface area (Å²) in [5, 5.41) is 0. The topological polar surface area (TPSA) is 25.8 Å². The summed E-state index contributed by atoms with van der Waals surface area (Å²) in [6.07, 6.45) is 0.880. The maximum absolute atomic E-state index is 4.42. The quantitative estimate of drug-likeness (QED) is 0.741. The summed E-state index contributed by atoms with van der Waals surface area (Å²) < 4.78 is 0. The Labute approximate surface area is 90.0 Å². The number of nitrogens with zero attached hydrogens (tertiary/aromatic N) is 2. The highest BCUT2D eigenvalue weighted by atomic mass is 14.9. The second-order valence-corrected chi connectivity index (χ2v) is 3.71. The van der Waals surface area contributed by atoms with Crippen LogP contribution >= 0.6 is 0 Å². The summed E-state index contributed by atoms with van der Waals surface area (Å²) in [5.41, 5.74) is 3.41. The molecule has 76 valence electrons. The molecular formula is C13H14N2. The molecule has 15 heavy (non-hydrogen) atoms. The van der Waals surface area contributed by atoms with Gasteiger partial charge in [-0.3, -0.25) is 0 Å². The van der Waals surface area contributed by atoms with Crippen molar-refractivity contribution in [3.8, 4) is 0 Å². The van der Waals surface area contributed by atoms with Gasteiger partial charge < -0.3 is 0 Å². The molecule has 1 aromatic heterocycles. The van der Waals surface area contributed by atoms with Gasteiger partial charge in [0.25, 0.3) is 0 Å². The Kier molecular flexibility index (Phi) is 2.77. The first-order valence-corrected chi connectivity index (χ1v) is 5.09. The molecule has 0 radical (unpaired) electrons. The summed E-state index contributed by atoms with van der Waals surface area (Å²) in [7, 11) is 0. The smallest absolute Gasteiger partial charge is 0.125 e. The van der Waals surface area contributed by atoms with E-state index in [-0.39, 0.29) is 0 Å². The minimum atomic E-state index is 0.848. The van der Waals surface area contributed by atoms with Crippen LogP contribution in [0.1, 0.15) is 22.8 Å². The highest BCUT2D eigenvalue weighted by molar-refractivity contribution is 5.22. The number of benzene rings is 1. The fourth-order valence-corrected chi connectivity index (χ4v) is 1.69. The van der Waals surface area contributed by atoms with Gasteiger partial charge in [-0.05, 0) is 25.5 Å². The molecule has 0 aliphatic heterocycles. The third-order valence-corrected chi connectivity index (χ3v) is 2.25. The molecule has 1 heterocycles. The van der Waals surface area contributed by atoms with Gasteiger partial charge in [0.15, 0.2) is 0 Å². The normalized spacial score (nSPS) is 10.3. The van der Waals surface area contributed by atoms with Crippen molar-refractivity contribution in [2.24, 2.45) is 0 Å². The Morgan fingerprint density at radius 3 is 2.40 bits per heavy atom. The average molecular weight is 198 g/mol. The molecule has 0 unspecified atom stereocenters. The van der Waals surface area contributed by atoms with E-state index in [4.69, 9.17) is 0 Å². The molecule has 0 fully saturated rings. The molecule has 0 bridgehead atoms. The molecule has 2 aromatic rings. The van der Waals surface area contributed by atoms with E-state index in [9.17, 15) is 0 Å². The van der Waals surface area contributed by atoms with E-state index in [1.807, 2.05) is 26.0 Å². The van der Waals surface area contributed by atoms with Gasteiger partial charge in [-0.25, -0.2) is 9.97 Å². The zero-order chi connectivity index (χ0) is 10.7. The van der Waals surface area contributed by atoms with E-state index < -0.39 is 0 Å². The fraction of sp³-hybridized carbons (Fsp3) is 0.231. The first-order valence-electron chi connectivity index (χ1n) is 5.09. The van der Waals surface area contributed by atoms with Crippen molar-refractivity contribution in [3.63, 3.8) is 0 Å². The average Bonchev–Trinajstić information content (AvgIpc) is 2.17. The SMILES string of the molecule is Cc1cc(Cc2ccccc2)nc(C)n1. The third-order valence-electron chi connectivity index (χ3n) is 2.25. The zero-order valence-corrected chi connectivity index (χ0v) is 9.07. The van der Waals surface area contributed by atoms with Crippen molar-refractivity contribution < 1.29 is 0 Å². The molecule has 0 aliphatic carbocycles. The van der Waals surface area contributed by atoms with Crippen LogP contribution in [-0.2, 0) is 6.42 Å². The monoisotopic (exact) mass is 198 g/mol. The lowest BCUT2D eigenvalue weighted by Crippen LogP contribution is -1.98. The molecule has 0 atom stereocenters. The Hall–Kier alpha value is -1.70. The molecule has 0 amide bonds. The lowest BCUT2D eigenvalue weighted by molar-refractivity contribution is 0.942. The van der Waals surface area contributed by atoms with Gasteiger partial charge in [0.05, 0.1) is 0 Å². The summed E-state index contributed by atoms with van der Waals surface area (Å²) >= 11 is 0. The van der Waals surface area contributed by atoms with Crippen LogP contribution in [0, 0.1) is 13.8 Å². The van der Waals surface area contributed by atoms with Crippen LogP contribution in [0.2, 0.25) is 0 Å². The summed E-state index contributed by atoms with van der Waals surface area (Å²) in [6, 6.07) is 12.4. The first-order chi connectivity index (χ1) is 7.24. The van der Waals surface area contributed by atoms with Crippen LogP contribution in [0.5, 0.6) is 0 Å². The molecule has 1 aromatic carbocycles. The second kappa shape index (κ2) is 4.22. The number of hydrogen-bond donors (Lipinski definition) is 0. The Morgan fingerprint density at radius 1 is 1.00 bits per heavy atom. The molecule has 2 nitrogen and oxygen atoms in total. The second-order valence-electron chi connectivity index (χ2n) is 3.71. The summed E-state index contributed by atoms with van der Waals surface area (Å²) in [5.74, 6) is 0.848. The van der Waals surface area contributed by atoms with Crippen LogP contribution < -0.4 is 0 Å². The van der Waals surface area contributed by atoms with Crippen molar-refractivity contribution in [2.75, 3.05) is 0 Å². The largest absolute Gasteiger partial charge is 0.239 e. The van der Waals surface area contributed by atoms with Crippen molar-refractivity contribution in [1.82, 2.24) is 9.97 Å². The van der Waals surface area contributed by atoms with E-state index in [1.54, 1.807) is 0 Å². The van der Waals surface area contributed by atoms with Gasteiger partial charge in [0.1, 0.15) is 5.82 Å². The Bertz CT molecular complexity index is 429. The summed E-state index contributed by atoms with van der Waals surface area (Å²) in [6.45, 7) is 3.94. The molecular weight excluding hydrogens is 184 g/mol. The van der Waals surface area contributed by atoms with Crippen LogP contribution in [0.25, 0.3) is 0 Å². The van der Waals surface area contributed by atoms with Gasteiger partial charge in [-0.1, -0.05) is 30.3 Å². The maximum atomic E-state index is 4.42. The van der Waals surface area contributed by atoms with E-state index in [2.05, 4.69) is 34.2 Å². The van der Waals surface area contributed by atoms with E-state index in [0.29, 0.717) is 0 Å². The van der Waals surface area contributed by atoms with Crippen LogP contribution in [0.15, 0.2) is 36.4 Å². The van der Waals surface area contributed by atoms with Gasteiger partial charge in [-0.2, -0.15) is 0 Å². The van der Waals surface area contributed by atoms with Gasteiger partial charge in [0, 0.05) is 17.8 Å². The van der Waals surface area contributed by atoms with Gasteiger partial charge in [-0.15, -0.1) is 0 Å². The standard InChI is InChI=1S/C13H14N2/c1-10-8-13(15-11(2)14-10)9-12-6-4-3-5-7-12/h3-8H,9H2,1-2H3. The van der Waals surface area contributed by atoms with Gasteiger partial charge in [0.2, 0.25) is 0 Å². The third kappa shape index (κ3) is 2.62. The highest BCUT2D eigenvalue weighted by Crippen LogP contribution is 2.08. The molecule has 0 saturated carbocycles. The molecule has 0 aliphatic rings. The molecule has 2 heteroatoms. The van der Waals surface area contributed by atoms with Gasteiger partial charge >= 0.3 is 0 Å². The molecule has 2 rings (SSSR count). The van der Waals surface area contributed by atoms with Crippen molar-refractivity contribution >= 4 is 0 Å². The molecule has 0 N–H and O–H groups in total. The zero-order valence-electron chi connectivity index (χ0n) is 9.07. The number of aromatic nitrogens is 2. The number of hydrogen-bond acceptors (Lipinski definition) is 2. The van der Waals surface area contributed by atoms with Crippen LogP contribution in [0.4, 0.5) is 0 Å². The maximum Gasteiger partial charge on any atom is 0.125 e. The van der Waals surface area contributed by atoms with Crippen molar-refractivity contribution in [2.45, 2.75) is 20.3 Å². The van der Waals surface area contributed by atoms with E-state index in [0.717, 1.165) is 23.6 Å². The number of rotatable bonds is 2. The fourth-order valence-electron chi connectivity index (χ4n) is 1.69. The molecule has 0 saturated heterocycles. The lowest BCUT2D eigenvalue weighted by atomic mass is 10.1. The summed E-state index contributed by atoms with van der Waals surface area (Å²) in [4.78, 5) is 8.68. The molecule has 0 spiro atoms. The lowest BCUT2D eigenvalue weighted by Gasteiger charge is -2.03. The Morgan fingerprint density at radius 2 is 1.73 bits per heavy atom. The van der Waals surface area contributed by atoms with E-state index in [1.165, 1.54) is 5.56 Å². The van der Waals surface area contributed by atoms with Crippen molar-refractivity contribution in [3.05, 3.63) is 59.2 Å². The number of aryl methyl sites for hydroxylation is 2. The van der Waals surface area contributed by atoms with E-state index >= 15 is 0 Å². The van der Waals surface area contributed by atoms with Crippen LogP contribution in [0.3, 0.4) is 0 Å². The first kappa shape index (κ1) is 9.84. The van der Waals surface area contributed by atoms with Crippen molar-refractivity contribution in [1.29, 1.82) is 0 Å². The highest BCUT2D eigenvalue weighted by Gasteiger charge is 1.99. The predicted molar refractivity (Wildman–Crippen MR) is 60.8 cm³/mol. The Balaban J connectivity index is 2.25. The predicted octanol–water partition coefficient (Wildman–Crippen LogP) is 2.68. The van der Waals surface area contributed by atoms with Crippen LogP contribution in [-0.4, -0.2) is 9.97 Å². The minimum Gasteiger partial charge on any atom is -0.239 e. The minimum absolute atomic E-state index is 0.848.